The van der Waals surface area contributed by atoms with Gasteiger partial charge in [-0.2, -0.15) is 0 Å². The smallest absolute Gasteiger partial charge is 0.416 e. The predicted molar refractivity (Wildman–Crippen MR) is 277 cm³/mol. The summed E-state index contributed by atoms with van der Waals surface area (Å²) in [4.78, 5) is 98.8. The molecule has 4 atom stereocenters. The lowest BCUT2D eigenvalue weighted by Crippen LogP contribution is -2.54. The second kappa shape index (κ2) is 26.3. The van der Waals surface area contributed by atoms with Crippen molar-refractivity contribution in [3.05, 3.63) is 97.2 Å². The van der Waals surface area contributed by atoms with E-state index in [4.69, 9.17) is 33.2 Å². The molecule has 2 unspecified atom stereocenters. The van der Waals surface area contributed by atoms with Crippen LogP contribution in [0.4, 0.5) is 26.8 Å². The number of alkyl carbamates (subject to hydrolysis) is 1. The molecular weight excluding hydrogens is 987 g/mol. The van der Waals surface area contributed by atoms with Crippen molar-refractivity contribution in [3.8, 4) is 22.6 Å². The third-order valence-corrected chi connectivity index (χ3v) is 12.6. The minimum atomic E-state index is -0.918. The van der Waals surface area contributed by atoms with Crippen LogP contribution in [-0.4, -0.2) is 139 Å². The van der Waals surface area contributed by atoms with Gasteiger partial charge in [0.25, 0.3) is 17.7 Å². The number of aromatic nitrogens is 3. The number of imidazole rings is 1. The van der Waals surface area contributed by atoms with Gasteiger partial charge in [0, 0.05) is 69.9 Å². The fraction of sp³-hybridized carbons (Fsp3) is 0.434. The Balaban J connectivity index is 0.895. The zero-order valence-electron chi connectivity index (χ0n) is 43.1. The molecule has 5 heterocycles. The molecule has 2 aromatic heterocycles. The van der Waals surface area contributed by atoms with E-state index in [0.29, 0.717) is 43.8 Å². The fourth-order valence-corrected chi connectivity index (χ4v) is 8.84. The summed E-state index contributed by atoms with van der Waals surface area (Å²) in [6.07, 6.45) is 7.57. The average molecular weight is 1050 g/mol. The zero-order chi connectivity index (χ0) is 54.3. The Morgan fingerprint density at radius 3 is 2.37 bits per heavy atom. The number of carbonyl (C=O) groups excluding carboxylic acids is 7. The second-order valence-corrected chi connectivity index (χ2v) is 18.1. The van der Waals surface area contributed by atoms with Crippen LogP contribution < -0.4 is 35.6 Å². The third-order valence-electron chi connectivity index (χ3n) is 12.6. The van der Waals surface area contributed by atoms with Crippen LogP contribution >= 0.6 is 0 Å². The van der Waals surface area contributed by atoms with Crippen molar-refractivity contribution in [2.24, 2.45) is 14.1 Å². The van der Waals surface area contributed by atoms with Crippen LogP contribution in [0.3, 0.4) is 0 Å². The summed E-state index contributed by atoms with van der Waals surface area (Å²) < 4.78 is 43.0. The standard InChI is InChI=1S/C53H65N9O14/c1-7-23-74-52(68)55-33(3)51(67)73-27-13-21-54-47(64)40-28-35(31-59(40)4)34-17-19-36(20-18-34)56-48(65)46-58-43(32-60(46)5)57-44(63)15-12-26-71-42-30-39-37(29-41(42)70-6)49(66)61-22-11-14-38(61)50(62(39)53(69)75-24-8-2)76-45-16-9-10-25-72-45/h7-8,17-20,28-33,38,45,50H,1-2,9-16,21-27H2,3-6H3,(H,54,64)(H,55,68)(H,56,65)(H,57,63)/t33-,38-,45?,50?/m0/s1. The highest BCUT2D eigenvalue weighted by Gasteiger charge is 2.48. The topological polar surface area (TPSA) is 261 Å². The van der Waals surface area contributed by atoms with Crippen molar-refractivity contribution in [3.63, 3.8) is 0 Å². The van der Waals surface area contributed by atoms with Crippen LogP contribution in [-0.2, 0) is 47.4 Å². The molecule has 2 fully saturated rings. The van der Waals surface area contributed by atoms with E-state index in [1.165, 1.54) is 41.8 Å². The molecule has 76 heavy (non-hydrogen) atoms. The maximum absolute atomic E-state index is 14.2. The van der Waals surface area contributed by atoms with Gasteiger partial charge in [-0.25, -0.2) is 24.3 Å². The van der Waals surface area contributed by atoms with Crippen LogP contribution in [0.25, 0.3) is 11.1 Å². The summed E-state index contributed by atoms with van der Waals surface area (Å²) >= 11 is 0. The van der Waals surface area contributed by atoms with Crippen LogP contribution in [0.2, 0.25) is 0 Å². The Bertz CT molecular complexity index is 2770. The molecule has 0 saturated carbocycles. The van der Waals surface area contributed by atoms with Crippen molar-refractivity contribution in [1.82, 2.24) is 29.7 Å². The predicted octanol–water partition coefficient (Wildman–Crippen LogP) is 6.06. The first-order valence-electron chi connectivity index (χ1n) is 25.1. The molecule has 2 aromatic carbocycles. The van der Waals surface area contributed by atoms with Crippen molar-refractivity contribution >= 4 is 59.0 Å². The Kier molecular flexibility index (Phi) is 19.3. The van der Waals surface area contributed by atoms with Gasteiger partial charge >= 0.3 is 18.2 Å². The van der Waals surface area contributed by atoms with Crippen molar-refractivity contribution in [2.75, 3.05) is 68.8 Å². The lowest BCUT2D eigenvalue weighted by atomic mass is 10.1. The largest absolute Gasteiger partial charge is 0.493 e. The normalized spacial score (nSPS) is 17.2. The van der Waals surface area contributed by atoms with Crippen molar-refractivity contribution in [2.45, 2.75) is 82.9 Å². The van der Waals surface area contributed by atoms with Crippen molar-refractivity contribution < 1.29 is 66.7 Å². The Labute approximate surface area is 439 Å². The van der Waals surface area contributed by atoms with Gasteiger partial charge in [0.2, 0.25) is 11.7 Å². The minimum Gasteiger partial charge on any atom is -0.493 e. The maximum atomic E-state index is 14.2. The number of ether oxygens (including phenoxy) is 7. The summed E-state index contributed by atoms with van der Waals surface area (Å²) in [6, 6.07) is 10.5. The molecule has 6 amide bonds. The van der Waals surface area contributed by atoms with Gasteiger partial charge in [-0.3, -0.25) is 19.2 Å². The highest BCUT2D eigenvalue weighted by atomic mass is 16.7. The number of hydrogen-bond acceptors (Lipinski definition) is 15. The molecule has 0 radical (unpaired) electrons. The van der Waals surface area contributed by atoms with Gasteiger partial charge in [0.1, 0.15) is 24.9 Å². The number of nitrogens with zero attached hydrogens (tertiary/aromatic N) is 5. The first-order valence-corrected chi connectivity index (χ1v) is 25.1. The molecule has 23 nitrogen and oxygen atoms in total. The number of fused-ring (bicyclic) bond motifs is 2. The first kappa shape index (κ1) is 55.6. The minimum absolute atomic E-state index is 0.00690. The average Bonchev–Trinajstić information content (AvgIpc) is 4.16. The molecule has 2 saturated heterocycles. The Morgan fingerprint density at radius 1 is 0.855 bits per heavy atom. The molecule has 0 spiro atoms. The van der Waals surface area contributed by atoms with E-state index >= 15 is 0 Å². The highest BCUT2D eigenvalue weighted by Crippen LogP contribution is 2.43. The quantitative estimate of drug-likeness (QED) is 0.0285. The molecule has 23 heteroatoms. The van der Waals surface area contributed by atoms with Gasteiger partial charge < -0.3 is 68.5 Å². The number of anilines is 3. The monoisotopic (exact) mass is 1050 g/mol. The number of methoxy groups -OCH3 is 1. The molecular formula is C53H65N9O14. The molecule has 7 rings (SSSR count). The number of esters is 1. The molecule has 406 valence electrons. The number of rotatable bonds is 23. The van der Waals surface area contributed by atoms with E-state index in [1.807, 2.05) is 0 Å². The fourth-order valence-electron chi connectivity index (χ4n) is 8.84. The van der Waals surface area contributed by atoms with E-state index in [0.717, 1.165) is 30.4 Å². The SMILES string of the molecule is C=CCOC(=O)N[C@@H](C)C(=O)OCCCNC(=O)c1cc(-c2ccc(NC(=O)c3nc(NC(=O)CCCOc4cc5c(cc4OC)C(=O)N4CCC[C@H]4C(OC4CCCCO4)N5C(=O)OCC=C)cn3C)cc2)cn1C. The van der Waals surface area contributed by atoms with Gasteiger partial charge in [0.05, 0.1) is 37.6 Å². The summed E-state index contributed by atoms with van der Waals surface area (Å²) in [6.45, 7) is 9.85. The number of carbonyl (C=O) groups is 7. The van der Waals surface area contributed by atoms with Crippen LogP contribution in [0.1, 0.15) is 89.8 Å². The Morgan fingerprint density at radius 2 is 1.63 bits per heavy atom. The molecule has 3 aliphatic heterocycles. The van der Waals surface area contributed by atoms with Crippen LogP contribution in [0, 0.1) is 0 Å². The van der Waals surface area contributed by atoms with Gasteiger partial charge in [-0.15, -0.1) is 0 Å². The third kappa shape index (κ3) is 13.9. The van der Waals surface area contributed by atoms with Crippen molar-refractivity contribution in [1.29, 1.82) is 0 Å². The van der Waals surface area contributed by atoms with Gasteiger partial charge in [0.15, 0.2) is 29.8 Å². The highest BCUT2D eigenvalue weighted by molar-refractivity contribution is 6.06. The summed E-state index contributed by atoms with van der Waals surface area (Å²) in [5.41, 5.74) is 2.87. The summed E-state index contributed by atoms with van der Waals surface area (Å²) in [5.74, 6) is -1.45. The first-order chi connectivity index (χ1) is 36.7. The van der Waals surface area contributed by atoms with Crippen LogP contribution in [0.5, 0.6) is 11.5 Å². The molecule has 0 bridgehead atoms. The molecule has 4 aromatic rings. The maximum Gasteiger partial charge on any atom is 0.416 e. The molecule has 3 aliphatic rings. The summed E-state index contributed by atoms with van der Waals surface area (Å²) in [5, 5.41) is 10.7. The Hall–Kier alpha value is -8.18. The molecule has 4 N–H and O–H groups in total. The number of nitrogens with one attached hydrogen (secondary N) is 4. The lowest BCUT2D eigenvalue weighted by molar-refractivity contribution is -0.195. The van der Waals surface area contributed by atoms with Gasteiger partial charge in [-0.1, -0.05) is 37.4 Å². The van der Waals surface area contributed by atoms with E-state index in [9.17, 15) is 33.6 Å². The number of aryl methyl sites for hydroxylation is 2. The van der Waals surface area contributed by atoms with E-state index in [1.54, 1.807) is 72.2 Å². The van der Waals surface area contributed by atoms with Crippen LogP contribution in [0.15, 0.2) is 80.2 Å². The zero-order valence-corrected chi connectivity index (χ0v) is 43.1. The number of amides is 6. The second-order valence-electron chi connectivity index (χ2n) is 18.1. The van der Waals surface area contributed by atoms with E-state index in [2.05, 4.69) is 39.4 Å². The van der Waals surface area contributed by atoms with Gasteiger partial charge in [-0.05, 0) is 81.7 Å². The number of hydrogen-bond donors (Lipinski definition) is 4. The lowest BCUT2D eigenvalue weighted by Gasteiger charge is -2.38. The number of benzene rings is 2. The van der Waals surface area contributed by atoms with E-state index in [-0.39, 0.29) is 97.9 Å². The van der Waals surface area contributed by atoms with E-state index < -0.39 is 48.7 Å². The summed E-state index contributed by atoms with van der Waals surface area (Å²) in [7, 11) is 4.82. The molecule has 0 aliphatic carbocycles.